The van der Waals surface area contributed by atoms with Crippen molar-refractivity contribution in [1.82, 2.24) is 0 Å². The van der Waals surface area contributed by atoms with Crippen LogP contribution in [0.4, 0.5) is 5.69 Å². The van der Waals surface area contributed by atoms with E-state index in [0.717, 1.165) is 15.2 Å². The molecule has 0 unspecified atom stereocenters. The van der Waals surface area contributed by atoms with Crippen molar-refractivity contribution in [1.29, 1.82) is 0 Å². The van der Waals surface area contributed by atoms with Crippen LogP contribution >= 0.6 is 11.8 Å². The molecule has 0 bridgehead atoms. The predicted octanol–water partition coefficient (Wildman–Crippen LogP) is 4.65. The van der Waals surface area contributed by atoms with Crippen LogP contribution in [0.25, 0.3) is 0 Å². The molecule has 0 saturated heterocycles. The summed E-state index contributed by atoms with van der Waals surface area (Å²) >= 11 is 1.75. The quantitative estimate of drug-likeness (QED) is 0.269. The van der Waals surface area contributed by atoms with Crippen LogP contribution in [0, 0.1) is 10.1 Å². The van der Waals surface area contributed by atoms with E-state index in [1.54, 1.807) is 24.0 Å². The Hall–Kier alpha value is -2.34. The Morgan fingerprint density at radius 2 is 1.88 bits per heavy atom. The average molecular weight is 357 g/mol. The summed E-state index contributed by atoms with van der Waals surface area (Å²) in [6.07, 6.45) is 6.41. The molecule has 5 nitrogen and oxygen atoms in total. The van der Waals surface area contributed by atoms with Gasteiger partial charge in [0, 0.05) is 27.8 Å². The monoisotopic (exact) mass is 357 g/mol. The molecule has 0 atom stereocenters. The molecule has 0 amide bonds. The molecule has 1 saturated carbocycles. The topological polar surface area (TPSA) is 66.4 Å². The predicted molar refractivity (Wildman–Crippen MR) is 98.6 cm³/mol. The third kappa shape index (κ3) is 4.82. The van der Waals surface area contributed by atoms with Gasteiger partial charge in [-0.15, -0.1) is 11.8 Å². The molecule has 0 heterocycles. The maximum absolute atomic E-state index is 11.1. The van der Waals surface area contributed by atoms with Crippen molar-refractivity contribution < 1.29 is 14.9 Å². The Bertz CT molecular complexity index is 771. The number of rotatable bonds is 6. The molecule has 0 aliphatic heterocycles. The van der Waals surface area contributed by atoms with Gasteiger partial charge in [0.1, 0.15) is 0 Å². The fourth-order valence-corrected chi connectivity index (χ4v) is 4.34. The molecular formula is C19H21N2O3S+. The molecule has 2 aromatic carbocycles. The van der Waals surface area contributed by atoms with Crippen LogP contribution < -0.4 is 0 Å². The second-order valence-corrected chi connectivity index (χ2v) is 7.56. The highest BCUT2D eigenvalue weighted by Crippen LogP contribution is 2.36. The lowest BCUT2D eigenvalue weighted by Crippen LogP contribution is -2.10. The van der Waals surface area contributed by atoms with E-state index in [1.165, 1.54) is 37.8 Å². The minimum absolute atomic E-state index is 0.0372. The van der Waals surface area contributed by atoms with Crippen LogP contribution in [0.5, 0.6) is 0 Å². The average Bonchev–Trinajstić information content (AvgIpc) is 3.10. The Balaban J connectivity index is 1.86. The lowest BCUT2D eigenvalue weighted by atomic mass is 10.2. The van der Waals surface area contributed by atoms with Crippen LogP contribution in [0.1, 0.15) is 36.8 Å². The minimum Gasteiger partial charge on any atom is -0.290 e. The van der Waals surface area contributed by atoms with Gasteiger partial charge >= 0.3 is 0 Å². The normalized spacial score (nSPS) is 15.4. The van der Waals surface area contributed by atoms with Crippen molar-refractivity contribution in [2.75, 3.05) is 0 Å². The second-order valence-electron chi connectivity index (χ2n) is 6.22. The maximum atomic E-state index is 11.1. The molecule has 1 N–H and O–H groups in total. The van der Waals surface area contributed by atoms with Gasteiger partial charge in [-0.3, -0.25) is 15.3 Å². The minimum atomic E-state index is -0.403. The number of hydrogen-bond acceptors (Lipinski definition) is 4. The van der Waals surface area contributed by atoms with Gasteiger partial charge in [0.05, 0.1) is 10.5 Å². The summed E-state index contributed by atoms with van der Waals surface area (Å²) in [4.78, 5) is 11.7. The van der Waals surface area contributed by atoms with E-state index in [2.05, 4.69) is 0 Å². The Labute approximate surface area is 151 Å². The van der Waals surface area contributed by atoms with Crippen molar-refractivity contribution >= 4 is 23.7 Å². The standard InChI is InChI=1S/C19H21N2O3S/c22-20(13-15-6-2-1-3-7-15)14-16-12-17(21(23)24)10-11-19(16)25-18-8-4-5-9-18/h1-3,6-7,10-12,14,18,22H,4-5,8-9,13H2/q+1. The number of benzene rings is 2. The highest BCUT2D eigenvalue weighted by atomic mass is 32.2. The largest absolute Gasteiger partial charge is 0.290 e. The molecule has 0 spiro atoms. The first-order chi connectivity index (χ1) is 12.1. The van der Waals surface area contributed by atoms with Gasteiger partial charge in [0.25, 0.3) is 5.69 Å². The summed E-state index contributed by atoms with van der Waals surface area (Å²) in [6, 6.07) is 14.5. The fraction of sp³-hybridized carbons (Fsp3) is 0.316. The second kappa shape index (κ2) is 8.16. The van der Waals surface area contributed by atoms with Crippen LogP contribution in [0.2, 0.25) is 0 Å². The summed E-state index contributed by atoms with van der Waals surface area (Å²) in [6.45, 7) is 0.330. The van der Waals surface area contributed by atoms with Crippen LogP contribution in [-0.4, -0.2) is 26.3 Å². The molecule has 1 fully saturated rings. The SMILES string of the molecule is O=[N+]([O-])c1ccc(SC2CCCC2)c(C=[N+](O)Cc2ccccc2)c1. The van der Waals surface area contributed by atoms with E-state index in [-0.39, 0.29) is 5.69 Å². The first kappa shape index (κ1) is 17.5. The Morgan fingerprint density at radius 3 is 2.56 bits per heavy atom. The van der Waals surface area contributed by atoms with Crippen molar-refractivity contribution in [2.24, 2.45) is 0 Å². The molecule has 0 radical (unpaired) electrons. The lowest BCUT2D eigenvalue weighted by Gasteiger charge is -2.10. The van der Waals surface area contributed by atoms with Gasteiger partial charge in [0.2, 0.25) is 12.8 Å². The van der Waals surface area contributed by atoms with E-state index < -0.39 is 4.92 Å². The highest BCUT2D eigenvalue weighted by molar-refractivity contribution is 8.00. The number of nitro benzene ring substituents is 1. The van der Waals surface area contributed by atoms with E-state index in [1.807, 2.05) is 30.3 Å². The van der Waals surface area contributed by atoms with Crippen molar-refractivity contribution in [3.05, 3.63) is 69.8 Å². The lowest BCUT2D eigenvalue weighted by molar-refractivity contribution is -0.783. The van der Waals surface area contributed by atoms with Crippen LogP contribution in [-0.2, 0) is 6.54 Å². The van der Waals surface area contributed by atoms with Gasteiger partial charge in [-0.1, -0.05) is 43.2 Å². The Kier molecular flexibility index (Phi) is 5.71. The molecule has 25 heavy (non-hydrogen) atoms. The maximum Gasteiger partial charge on any atom is 0.270 e. The zero-order valence-electron chi connectivity index (χ0n) is 13.9. The van der Waals surface area contributed by atoms with Crippen molar-refractivity contribution in [2.45, 2.75) is 42.4 Å². The van der Waals surface area contributed by atoms with Crippen LogP contribution in [0.3, 0.4) is 0 Å². The van der Waals surface area contributed by atoms with Gasteiger partial charge in [-0.25, -0.2) is 0 Å². The molecule has 1 aliphatic carbocycles. The number of nitro groups is 1. The zero-order valence-corrected chi connectivity index (χ0v) is 14.7. The summed E-state index contributed by atoms with van der Waals surface area (Å²) in [5, 5.41) is 21.9. The molecule has 2 aromatic rings. The van der Waals surface area contributed by atoms with Crippen molar-refractivity contribution in [3.8, 4) is 0 Å². The highest BCUT2D eigenvalue weighted by Gasteiger charge is 2.20. The van der Waals surface area contributed by atoms with E-state index in [9.17, 15) is 15.3 Å². The van der Waals surface area contributed by atoms with Gasteiger partial charge in [-0.2, -0.15) is 0 Å². The number of nitrogens with zero attached hydrogens (tertiary/aromatic N) is 2. The fourth-order valence-electron chi connectivity index (χ4n) is 3.02. The molecule has 130 valence electrons. The number of hydrogen-bond donors (Lipinski definition) is 1. The first-order valence-electron chi connectivity index (χ1n) is 8.41. The molecule has 3 rings (SSSR count). The molecule has 0 aromatic heterocycles. The molecule has 6 heteroatoms. The van der Waals surface area contributed by atoms with Gasteiger partial charge < -0.3 is 0 Å². The summed E-state index contributed by atoms with van der Waals surface area (Å²) in [5.41, 5.74) is 1.69. The van der Waals surface area contributed by atoms with E-state index in [4.69, 9.17) is 0 Å². The van der Waals surface area contributed by atoms with Crippen LogP contribution in [0.15, 0.2) is 53.4 Å². The Morgan fingerprint density at radius 1 is 1.16 bits per heavy atom. The van der Waals surface area contributed by atoms with E-state index in [0.29, 0.717) is 17.4 Å². The van der Waals surface area contributed by atoms with Gasteiger partial charge in [-0.05, 0) is 23.6 Å². The van der Waals surface area contributed by atoms with E-state index >= 15 is 0 Å². The smallest absolute Gasteiger partial charge is 0.270 e. The number of thioether (sulfide) groups is 1. The van der Waals surface area contributed by atoms with Gasteiger partial charge in [0.15, 0.2) is 0 Å². The third-order valence-electron chi connectivity index (χ3n) is 4.28. The zero-order chi connectivity index (χ0) is 17.6. The summed E-state index contributed by atoms with van der Waals surface area (Å²) in [5.74, 6) is 0. The molecule has 1 aliphatic rings. The number of hydroxylamine groups is 1. The summed E-state index contributed by atoms with van der Waals surface area (Å²) < 4.78 is 1.09. The first-order valence-corrected chi connectivity index (χ1v) is 9.29. The third-order valence-corrected chi connectivity index (χ3v) is 5.71. The number of non-ortho nitro benzene ring substituents is 1. The molecular weight excluding hydrogens is 336 g/mol. The summed E-state index contributed by atoms with van der Waals surface area (Å²) in [7, 11) is 0. The van der Waals surface area contributed by atoms with Crippen molar-refractivity contribution in [3.63, 3.8) is 0 Å².